The summed E-state index contributed by atoms with van der Waals surface area (Å²) in [6.07, 6.45) is 1.52. The van der Waals surface area contributed by atoms with E-state index in [0.29, 0.717) is 24.6 Å². The van der Waals surface area contributed by atoms with Crippen molar-refractivity contribution >= 4 is 17.6 Å². The first-order chi connectivity index (χ1) is 13.5. The molecule has 0 bridgehead atoms. The second-order valence-electron chi connectivity index (χ2n) is 6.93. The van der Waals surface area contributed by atoms with Gasteiger partial charge in [-0.1, -0.05) is 29.8 Å². The molecule has 0 aromatic heterocycles. The molecule has 1 heterocycles. The number of nitrogens with zero attached hydrogens (tertiary/aromatic N) is 1. The van der Waals surface area contributed by atoms with Gasteiger partial charge in [-0.05, 0) is 50.6 Å². The summed E-state index contributed by atoms with van der Waals surface area (Å²) in [5.41, 5.74) is 1.89. The van der Waals surface area contributed by atoms with E-state index in [1.165, 1.54) is 0 Å². The van der Waals surface area contributed by atoms with Crippen LogP contribution in [-0.2, 0) is 4.79 Å². The fourth-order valence-corrected chi connectivity index (χ4v) is 4.10. The van der Waals surface area contributed by atoms with Gasteiger partial charge in [0.15, 0.2) is 0 Å². The van der Waals surface area contributed by atoms with Crippen molar-refractivity contribution in [3.05, 3.63) is 58.6 Å². The molecule has 0 amide bonds. The van der Waals surface area contributed by atoms with E-state index in [0.717, 1.165) is 35.6 Å². The second kappa shape index (κ2) is 9.30. The first-order valence-electron chi connectivity index (χ1n) is 9.57. The van der Waals surface area contributed by atoms with E-state index in [4.69, 9.17) is 21.1 Å². The number of halogens is 1. The van der Waals surface area contributed by atoms with Crippen LogP contribution >= 0.6 is 11.6 Å². The summed E-state index contributed by atoms with van der Waals surface area (Å²) in [6.45, 7) is 3.77. The Morgan fingerprint density at radius 1 is 1.25 bits per heavy atom. The van der Waals surface area contributed by atoms with E-state index >= 15 is 0 Å². The molecule has 1 fully saturated rings. The van der Waals surface area contributed by atoms with E-state index in [1.807, 2.05) is 43.3 Å². The summed E-state index contributed by atoms with van der Waals surface area (Å²) in [5, 5.41) is 10.2. The lowest BCUT2D eigenvalue weighted by Crippen LogP contribution is -2.41. The Hall–Kier alpha value is -2.24. The van der Waals surface area contributed by atoms with E-state index in [-0.39, 0.29) is 12.0 Å². The Morgan fingerprint density at radius 3 is 2.75 bits per heavy atom. The van der Waals surface area contributed by atoms with Gasteiger partial charge in [0.05, 0.1) is 25.7 Å². The molecule has 0 aliphatic carbocycles. The molecule has 2 aromatic rings. The number of carboxylic acids is 1. The number of benzene rings is 2. The topological polar surface area (TPSA) is 59.0 Å². The normalized spacial score (nSPS) is 18.5. The molecule has 0 radical (unpaired) electrons. The number of aliphatic carboxylic acids is 1. The van der Waals surface area contributed by atoms with Crippen LogP contribution in [0, 0.1) is 5.92 Å². The van der Waals surface area contributed by atoms with Crippen molar-refractivity contribution < 1.29 is 19.4 Å². The van der Waals surface area contributed by atoms with Gasteiger partial charge < -0.3 is 14.6 Å². The molecule has 0 saturated carbocycles. The van der Waals surface area contributed by atoms with Crippen LogP contribution in [0.15, 0.2) is 42.5 Å². The monoisotopic (exact) mass is 403 g/mol. The number of piperidine rings is 1. The number of rotatable bonds is 7. The maximum Gasteiger partial charge on any atom is 0.307 e. The molecule has 6 heteroatoms. The standard InChI is InChI=1S/C22H26ClNO4/c1-3-28-20-9-5-4-8-17(20)21(18-13-16(23)10-11-19(18)27-2)24-12-6-7-15(14-24)22(25)26/h4-5,8-11,13,15,21H,3,6-7,12,14H2,1-2H3,(H,25,26). The molecule has 2 unspecified atom stereocenters. The Bertz CT molecular complexity index is 826. The second-order valence-corrected chi connectivity index (χ2v) is 7.37. The largest absolute Gasteiger partial charge is 0.496 e. The van der Waals surface area contributed by atoms with Crippen molar-refractivity contribution in [1.82, 2.24) is 4.90 Å². The summed E-state index contributed by atoms with van der Waals surface area (Å²) in [6, 6.07) is 13.2. The molecule has 150 valence electrons. The van der Waals surface area contributed by atoms with Gasteiger partial charge >= 0.3 is 5.97 Å². The van der Waals surface area contributed by atoms with Crippen LogP contribution < -0.4 is 9.47 Å². The van der Waals surface area contributed by atoms with Crippen LogP contribution in [0.5, 0.6) is 11.5 Å². The van der Waals surface area contributed by atoms with Gasteiger partial charge in [-0.2, -0.15) is 0 Å². The molecule has 2 aromatic carbocycles. The van der Waals surface area contributed by atoms with Crippen LogP contribution in [0.1, 0.15) is 36.9 Å². The molecule has 1 aliphatic heterocycles. The maximum absolute atomic E-state index is 11.6. The molecule has 1 saturated heterocycles. The van der Waals surface area contributed by atoms with Gasteiger partial charge in [0.25, 0.3) is 0 Å². The summed E-state index contributed by atoms with van der Waals surface area (Å²) in [7, 11) is 1.63. The maximum atomic E-state index is 11.6. The van der Waals surface area contributed by atoms with Crippen LogP contribution in [0.2, 0.25) is 5.02 Å². The Morgan fingerprint density at radius 2 is 2.04 bits per heavy atom. The zero-order valence-corrected chi connectivity index (χ0v) is 17.0. The van der Waals surface area contributed by atoms with E-state index in [2.05, 4.69) is 4.90 Å². The van der Waals surface area contributed by atoms with Gasteiger partial charge in [-0.15, -0.1) is 0 Å². The lowest BCUT2D eigenvalue weighted by atomic mass is 9.90. The fraction of sp³-hybridized carbons (Fsp3) is 0.409. The SMILES string of the molecule is CCOc1ccccc1C(c1cc(Cl)ccc1OC)N1CCCC(C(=O)O)C1. The Kier molecular flexibility index (Phi) is 6.81. The predicted molar refractivity (Wildman–Crippen MR) is 109 cm³/mol. The lowest BCUT2D eigenvalue weighted by Gasteiger charge is -2.38. The molecule has 1 aliphatic rings. The van der Waals surface area contributed by atoms with E-state index in [9.17, 15) is 9.90 Å². The number of hydrogen-bond acceptors (Lipinski definition) is 4. The molecular weight excluding hydrogens is 378 g/mol. The minimum Gasteiger partial charge on any atom is -0.496 e. The average molecular weight is 404 g/mol. The van der Waals surface area contributed by atoms with Crippen molar-refractivity contribution in [3.63, 3.8) is 0 Å². The highest BCUT2D eigenvalue weighted by atomic mass is 35.5. The molecule has 0 spiro atoms. The fourth-order valence-electron chi connectivity index (χ4n) is 3.92. The number of para-hydroxylation sites is 1. The molecule has 5 nitrogen and oxygen atoms in total. The van der Waals surface area contributed by atoms with Crippen molar-refractivity contribution in [2.45, 2.75) is 25.8 Å². The van der Waals surface area contributed by atoms with Gasteiger partial charge in [0, 0.05) is 22.7 Å². The summed E-state index contributed by atoms with van der Waals surface area (Å²) in [5.74, 6) is 0.368. The zero-order chi connectivity index (χ0) is 20.1. The number of hydrogen-bond donors (Lipinski definition) is 1. The number of methoxy groups -OCH3 is 1. The van der Waals surface area contributed by atoms with E-state index in [1.54, 1.807) is 13.2 Å². The summed E-state index contributed by atoms with van der Waals surface area (Å²) in [4.78, 5) is 13.8. The van der Waals surface area contributed by atoms with Crippen LogP contribution in [-0.4, -0.2) is 42.8 Å². The minimum atomic E-state index is -0.750. The zero-order valence-electron chi connectivity index (χ0n) is 16.2. The average Bonchev–Trinajstić information content (AvgIpc) is 2.70. The van der Waals surface area contributed by atoms with E-state index < -0.39 is 5.97 Å². The molecule has 28 heavy (non-hydrogen) atoms. The van der Waals surface area contributed by atoms with Crippen molar-refractivity contribution in [2.24, 2.45) is 5.92 Å². The number of carboxylic acid groups (broad SMARTS) is 1. The first-order valence-corrected chi connectivity index (χ1v) is 9.95. The Balaban J connectivity index is 2.12. The smallest absolute Gasteiger partial charge is 0.307 e. The summed E-state index contributed by atoms with van der Waals surface area (Å²) >= 11 is 6.32. The predicted octanol–water partition coefficient (Wildman–Crippen LogP) is 4.63. The Labute approximate surface area is 170 Å². The number of likely N-dealkylation sites (tertiary alicyclic amines) is 1. The first kappa shape index (κ1) is 20.5. The molecule has 2 atom stereocenters. The highest BCUT2D eigenvalue weighted by Crippen LogP contribution is 2.41. The third-order valence-electron chi connectivity index (χ3n) is 5.17. The summed E-state index contributed by atoms with van der Waals surface area (Å²) < 4.78 is 11.5. The quantitative estimate of drug-likeness (QED) is 0.730. The molecule has 1 N–H and O–H groups in total. The van der Waals surface area contributed by atoms with Gasteiger partial charge in [0.1, 0.15) is 11.5 Å². The van der Waals surface area contributed by atoms with Crippen molar-refractivity contribution in [1.29, 1.82) is 0 Å². The van der Waals surface area contributed by atoms with Crippen molar-refractivity contribution in [3.8, 4) is 11.5 Å². The van der Waals surface area contributed by atoms with Crippen LogP contribution in [0.3, 0.4) is 0 Å². The van der Waals surface area contributed by atoms with Gasteiger partial charge in [-0.3, -0.25) is 9.69 Å². The lowest BCUT2D eigenvalue weighted by molar-refractivity contribution is -0.143. The van der Waals surface area contributed by atoms with Crippen LogP contribution in [0.25, 0.3) is 0 Å². The number of ether oxygens (including phenoxy) is 2. The van der Waals surface area contributed by atoms with Gasteiger partial charge in [0.2, 0.25) is 0 Å². The van der Waals surface area contributed by atoms with Crippen LogP contribution in [0.4, 0.5) is 0 Å². The van der Waals surface area contributed by atoms with Gasteiger partial charge in [-0.25, -0.2) is 0 Å². The highest BCUT2D eigenvalue weighted by molar-refractivity contribution is 6.30. The highest BCUT2D eigenvalue weighted by Gasteiger charge is 2.34. The third-order valence-corrected chi connectivity index (χ3v) is 5.40. The minimum absolute atomic E-state index is 0.210. The molecular formula is C22H26ClNO4. The molecule has 3 rings (SSSR count). The number of carbonyl (C=O) groups is 1. The third kappa shape index (κ3) is 4.42. The van der Waals surface area contributed by atoms with Crippen molar-refractivity contribution in [2.75, 3.05) is 26.8 Å².